The number of benzene rings is 2. The van der Waals surface area contributed by atoms with Crippen molar-refractivity contribution < 1.29 is 27.6 Å². The van der Waals surface area contributed by atoms with Crippen molar-refractivity contribution >= 4 is 17.6 Å². The van der Waals surface area contributed by atoms with Crippen LogP contribution in [0, 0.1) is 12.3 Å². The Morgan fingerprint density at radius 3 is 2.23 bits per heavy atom. The number of Topliss-reactive ketones (excluding diaryl/α,β-unsaturated/α-hetero) is 1. The van der Waals surface area contributed by atoms with Crippen LogP contribution in [0.5, 0.6) is 0 Å². The van der Waals surface area contributed by atoms with Crippen LogP contribution in [-0.4, -0.2) is 40.8 Å². The van der Waals surface area contributed by atoms with Gasteiger partial charge in [0.15, 0.2) is 5.78 Å². The molecule has 1 atom stereocenters. The van der Waals surface area contributed by atoms with Crippen molar-refractivity contribution in [2.45, 2.75) is 51.7 Å². The molecule has 1 N–H and O–H groups in total. The van der Waals surface area contributed by atoms with E-state index in [2.05, 4.69) is 0 Å². The number of aryl methyl sites for hydroxylation is 1. The van der Waals surface area contributed by atoms with Crippen molar-refractivity contribution in [3.05, 3.63) is 82.6 Å². The van der Waals surface area contributed by atoms with Gasteiger partial charge in [0.05, 0.1) is 5.57 Å². The lowest BCUT2D eigenvalue weighted by Crippen LogP contribution is -2.66. The Morgan fingerprint density at radius 2 is 1.63 bits per heavy atom. The van der Waals surface area contributed by atoms with Crippen molar-refractivity contribution in [3.63, 3.8) is 0 Å². The summed E-state index contributed by atoms with van der Waals surface area (Å²) in [7, 11) is 0. The Morgan fingerprint density at radius 1 is 1.00 bits per heavy atom. The molecule has 2 aromatic rings. The van der Waals surface area contributed by atoms with E-state index in [4.69, 9.17) is 0 Å². The number of hydrogen-bond acceptors (Lipinski definition) is 3. The van der Waals surface area contributed by atoms with Gasteiger partial charge in [0.2, 0.25) is 5.54 Å². The fraction of sp³-hybridized carbons (Fsp3) is 0.370. The molecule has 0 radical (unpaired) electrons. The summed E-state index contributed by atoms with van der Waals surface area (Å²) in [5.41, 5.74) is -3.00. The van der Waals surface area contributed by atoms with Crippen LogP contribution in [0.4, 0.5) is 13.2 Å². The third-order valence-electron chi connectivity index (χ3n) is 6.63. The third-order valence-corrected chi connectivity index (χ3v) is 6.63. The van der Waals surface area contributed by atoms with Crippen LogP contribution in [0.2, 0.25) is 0 Å². The number of alkyl halides is 3. The number of ketones is 1. The quantitative estimate of drug-likeness (QED) is 0.666. The molecule has 0 aromatic heterocycles. The summed E-state index contributed by atoms with van der Waals surface area (Å²) in [4.78, 5) is 40.9. The summed E-state index contributed by atoms with van der Waals surface area (Å²) < 4.78 is 44.5. The minimum absolute atomic E-state index is 0.0273. The maximum atomic E-state index is 14.8. The van der Waals surface area contributed by atoms with Crippen molar-refractivity contribution in [3.8, 4) is 0 Å². The zero-order chi connectivity index (χ0) is 25.6. The van der Waals surface area contributed by atoms with Crippen molar-refractivity contribution in [1.29, 1.82) is 0 Å². The fourth-order valence-electron chi connectivity index (χ4n) is 4.90. The van der Waals surface area contributed by atoms with Crippen LogP contribution < -0.4 is 5.32 Å². The molecule has 1 aliphatic heterocycles. The molecule has 0 saturated carbocycles. The highest BCUT2D eigenvalue weighted by atomic mass is 19.4. The van der Waals surface area contributed by atoms with Crippen molar-refractivity contribution in [2.24, 2.45) is 5.41 Å². The highest BCUT2D eigenvalue weighted by Crippen LogP contribution is 2.51. The number of allylic oxidation sites excluding steroid dienone is 1. The summed E-state index contributed by atoms with van der Waals surface area (Å²) >= 11 is 0. The van der Waals surface area contributed by atoms with E-state index in [9.17, 15) is 27.6 Å². The van der Waals surface area contributed by atoms with E-state index in [1.807, 2.05) is 23.5 Å². The first-order chi connectivity index (χ1) is 16.4. The number of nitrogens with one attached hydrogen (secondary N) is 1. The molecule has 1 heterocycles. The molecule has 35 heavy (non-hydrogen) atoms. The van der Waals surface area contributed by atoms with Gasteiger partial charge in [-0.1, -0.05) is 61.9 Å². The van der Waals surface area contributed by atoms with Gasteiger partial charge in [0.25, 0.3) is 11.8 Å². The molecule has 184 valence electrons. The van der Waals surface area contributed by atoms with Crippen LogP contribution in [0.1, 0.15) is 48.2 Å². The van der Waals surface area contributed by atoms with Gasteiger partial charge in [-0.3, -0.25) is 14.4 Å². The van der Waals surface area contributed by atoms with E-state index < -0.39 is 40.3 Å². The molecule has 0 saturated heterocycles. The molecule has 2 aromatic carbocycles. The number of hydrogen-bond donors (Lipinski definition) is 1. The highest BCUT2D eigenvalue weighted by molar-refractivity contribution is 6.14. The minimum Gasteiger partial charge on any atom is -0.326 e. The number of halogens is 3. The zero-order valence-electron chi connectivity index (χ0n) is 19.8. The van der Waals surface area contributed by atoms with Gasteiger partial charge in [-0.05, 0) is 42.9 Å². The largest absolute Gasteiger partial charge is 0.425 e. The van der Waals surface area contributed by atoms with Crippen molar-refractivity contribution in [1.82, 2.24) is 10.2 Å². The molecule has 1 aliphatic carbocycles. The van der Waals surface area contributed by atoms with E-state index in [1.165, 1.54) is 12.1 Å². The van der Waals surface area contributed by atoms with Crippen LogP contribution in [0.3, 0.4) is 0 Å². The predicted octanol–water partition coefficient (Wildman–Crippen LogP) is 4.75. The van der Waals surface area contributed by atoms with E-state index in [1.54, 1.807) is 45.0 Å². The molecule has 2 aliphatic rings. The number of amides is 2. The molecule has 0 fully saturated rings. The van der Waals surface area contributed by atoms with E-state index >= 15 is 0 Å². The summed E-state index contributed by atoms with van der Waals surface area (Å²) in [6.45, 7) is 5.31. The van der Waals surface area contributed by atoms with Crippen LogP contribution >= 0.6 is 0 Å². The molecule has 0 spiro atoms. The molecule has 1 unspecified atom stereocenters. The summed E-state index contributed by atoms with van der Waals surface area (Å²) in [6, 6.07) is 15.0. The Balaban J connectivity index is 1.80. The van der Waals surface area contributed by atoms with Crippen molar-refractivity contribution in [2.75, 3.05) is 6.54 Å². The van der Waals surface area contributed by atoms with Crippen LogP contribution in [0.15, 0.2) is 65.9 Å². The topological polar surface area (TPSA) is 66.5 Å². The molecule has 4 rings (SSSR count). The second-order valence-electron chi connectivity index (χ2n) is 10.0. The lowest BCUT2D eigenvalue weighted by atomic mass is 9.72. The zero-order valence-corrected chi connectivity index (χ0v) is 19.8. The summed E-state index contributed by atoms with van der Waals surface area (Å²) in [6.07, 6.45) is -4.95. The molecule has 8 heteroatoms. The number of rotatable bonds is 5. The predicted molar refractivity (Wildman–Crippen MR) is 124 cm³/mol. The Hall–Kier alpha value is -3.42. The molecular weight excluding hydrogens is 457 g/mol. The van der Waals surface area contributed by atoms with Crippen LogP contribution in [-0.2, 0) is 16.0 Å². The molecule has 0 bridgehead atoms. The maximum Gasteiger partial charge on any atom is 0.425 e. The van der Waals surface area contributed by atoms with Gasteiger partial charge in [0, 0.05) is 24.2 Å². The Kier molecular flexibility index (Phi) is 6.11. The number of nitrogens with zero attached hydrogens (tertiary/aromatic N) is 1. The second-order valence-corrected chi connectivity index (χ2v) is 10.0. The van der Waals surface area contributed by atoms with Gasteiger partial charge in [-0.25, -0.2) is 0 Å². The fourth-order valence-corrected chi connectivity index (χ4v) is 4.90. The summed E-state index contributed by atoms with van der Waals surface area (Å²) in [5.74, 6) is -3.17. The Bertz CT molecular complexity index is 1200. The van der Waals surface area contributed by atoms with Gasteiger partial charge in [-0.15, -0.1) is 0 Å². The molecule has 5 nitrogen and oxygen atoms in total. The molecular formula is C27H27F3N2O3. The van der Waals surface area contributed by atoms with E-state index in [0.717, 1.165) is 16.0 Å². The Labute approximate surface area is 202 Å². The smallest absolute Gasteiger partial charge is 0.326 e. The third kappa shape index (κ3) is 4.37. The SMILES string of the molecule is Cc1ccc(C(=O)NC2(C(F)(F)F)C(=O)N(CCc3ccccc3)C3=C2C(=O)CC(C)(C)C3)cc1. The monoisotopic (exact) mass is 484 g/mol. The van der Waals surface area contributed by atoms with E-state index in [-0.39, 0.29) is 30.6 Å². The van der Waals surface area contributed by atoms with Gasteiger partial charge < -0.3 is 10.2 Å². The highest BCUT2D eigenvalue weighted by Gasteiger charge is 2.71. The first kappa shape index (κ1) is 24.7. The normalized spacial score (nSPS) is 21.8. The van der Waals surface area contributed by atoms with Gasteiger partial charge >= 0.3 is 6.18 Å². The first-order valence-electron chi connectivity index (χ1n) is 11.4. The average molecular weight is 485 g/mol. The van der Waals surface area contributed by atoms with E-state index in [0.29, 0.717) is 6.42 Å². The average Bonchev–Trinajstić information content (AvgIpc) is 3.00. The van der Waals surface area contributed by atoms with Crippen LogP contribution in [0.25, 0.3) is 0 Å². The first-order valence-corrected chi connectivity index (χ1v) is 11.4. The summed E-state index contributed by atoms with van der Waals surface area (Å²) in [5, 5.41) is 1.97. The van der Waals surface area contributed by atoms with Gasteiger partial charge in [0.1, 0.15) is 0 Å². The number of carbonyl (C=O) groups is 3. The number of carbonyl (C=O) groups excluding carboxylic acids is 3. The van der Waals surface area contributed by atoms with Gasteiger partial charge in [-0.2, -0.15) is 13.2 Å². The second kappa shape index (κ2) is 8.66. The minimum atomic E-state index is -5.22. The lowest BCUT2D eigenvalue weighted by Gasteiger charge is -2.35. The maximum absolute atomic E-state index is 14.8. The standard InChI is InChI=1S/C27H27F3N2O3/c1-17-9-11-19(12-10-17)23(34)31-26(27(28,29)30)22-20(15-25(2,3)16-21(22)33)32(24(26)35)14-13-18-7-5-4-6-8-18/h4-12H,13-16H2,1-3H3,(H,31,34). The lowest BCUT2D eigenvalue weighted by molar-refractivity contribution is -0.190. The molecule has 2 amide bonds.